The summed E-state index contributed by atoms with van der Waals surface area (Å²) < 4.78 is 0. The van der Waals surface area contributed by atoms with Crippen LogP contribution in [0.25, 0.3) is 11.4 Å². The van der Waals surface area contributed by atoms with Gasteiger partial charge in [0.15, 0.2) is 0 Å². The van der Waals surface area contributed by atoms with Gasteiger partial charge in [0.05, 0.1) is 17.9 Å². The molecule has 2 aliphatic rings. The molecular formula is C23H24N6O2. The SMILES string of the molecule is O=C(CNc1cccnc1)N1CCCC2(CCc3c2nc(-c2cccnc2)[nH]c3=O)C1. The second-order valence-corrected chi connectivity index (χ2v) is 8.28. The summed E-state index contributed by atoms with van der Waals surface area (Å²) in [5, 5.41) is 3.15. The van der Waals surface area contributed by atoms with Crippen LogP contribution in [-0.4, -0.2) is 50.4 Å². The summed E-state index contributed by atoms with van der Waals surface area (Å²) in [7, 11) is 0. The second kappa shape index (κ2) is 7.94. The smallest absolute Gasteiger partial charge is 0.254 e. The molecule has 0 bridgehead atoms. The highest BCUT2D eigenvalue weighted by atomic mass is 16.2. The van der Waals surface area contributed by atoms with Crippen molar-refractivity contribution in [3.63, 3.8) is 0 Å². The van der Waals surface area contributed by atoms with Gasteiger partial charge in [-0.1, -0.05) is 0 Å². The van der Waals surface area contributed by atoms with Crippen LogP contribution in [0.2, 0.25) is 0 Å². The van der Waals surface area contributed by atoms with Crippen LogP contribution in [0, 0.1) is 0 Å². The van der Waals surface area contributed by atoms with Crippen LogP contribution in [0.15, 0.2) is 53.8 Å². The molecule has 1 atom stereocenters. The van der Waals surface area contributed by atoms with Gasteiger partial charge in [-0.05, 0) is 49.9 Å². The summed E-state index contributed by atoms with van der Waals surface area (Å²) in [6, 6.07) is 7.44. The van der Waals surface area contributed by atoms with Crippen LogP contribution in [0.1, 0.15) is 30.5 Å². The summed E-state index contributed by atoms with van der Waals surface area (Å²) in [5.41, 5.74) is 2.88. The van der Waals surface area contributed by atoms with Crippen molar-refractivity contribution in [2.45, 2.75) is 31.1 Å². The molecule has 1 aliphatic heterocycles. The fraction of sp³-hybridized carbons (Fsp3) is 0.348. The number of nitrogens with one attached hydrogen (secondary N) is 2. The van der Waals surface area contributed by atoms with E-state index in [1.54, 1.807) is 24.8 Å². The van der Waals surface area contributed by atoms with Crippen molar-refractivity contribution >= 4 is 11.6 Å². The highest BCUT2D eigenvalue weighted by Gasteiger charge is 2.45. The predicted molar refractivity (Wildman–Crippen MR) is 117 cm³/mol. The number of nitrogens with zero attached hydrogens (tertiary/aromatic N) is 4. The van der Waals surface area contributed by atoms with Crippen molar-refractivity contribution in [3.8, 4) is 11.4 Å². The number of hydrogen-bond donors (Lipinski definition) is 2. The second-order valence-electron chi connectivity index (χ2n) is 8.28. The van der Waals surface area contributed by atoms with E-state index < -0.39 is 0 Å². The van der Waals surface area contributed by atoms with E-state index in [9.17, 15) is 9.59 Å². The molecule has 0 saturated carbocycles. The number of H-pyrrole nitrogens is 1. The van der Waals surface area contributed by atoms with Crippen molar-refractivity contribution in [2.75, 3.05) is 25.0 Å². The van der Waals surface area contributed by atoms with Gasteiger partial charge in [-0.15, -0.1) is 0 Å². The number of rotatable bonds is 4. The van der Waals surface area contributed by atoms with Crippen molar-refractivity contribution in [1.29, 1.82) is 0 Å². The maximum absolute atomic E-state index is 12.9. The number of pyridine rings is 2. The largest absolute Gasteiger partial charge is 0.375 e. The third-order valence-corrected chi connectivity index (χ3v) is 6.34. The minimum absolute atomic E-state index is 0.0497. The molecule has 1 fully saturated rings. The number of amides is 1. The number of likely N-dealkylation sites (tertiary alicyclic amines) is 1. The van der Waals surface area contributed by atoms with Gasteiger partial charge < -0.3 is 15.2 Å². The lowest BCUT2D eigenvalue weighted by atomic mass is 9.77. The van der Waals surface area contributed by atoms with Gasteiger partial charge in [-0.25, -0.2) is 4.98 Å². The topological polar surface area (TPSA) is 104 Å². The number of fused-ring (bicyclic) bond motifs is 2. The van der Waals surface area contributed by atoms with Gasteiger partial charge in [-0.3, -0.25) is 19.6 Å². The predicted octanol–water partition coefficient (Wildman–Crippen LogP) is 2.15. The lowest BCUT2D eigenvalue weighted by molar-refractivity contribution is -0.131. The molecule has 1 aliphatic carbocycles. The number of carbonyl (C=O) groups excluding carboxylic acids is 1. The third-order valence-electron chi connectivity index (χ3n) is 6.34. The molecule has 3 aromatic heterocycles. The Kier molecular flexibility index (Phi) is 4.97. The van der Waals surface area contributed by atoms with Crippen LogP contribution in [0.3, 0.4) is 0 Å². The van der Waals surface area contributed by atoms with Gasteiger partial charge in [-0.2, -0.15) is 0 Å². The fourth-order valence-electron chi connectivity index (χ4n) is 4.79. The third kappa shape index (κ3) is 3.69. The number of aromatic nitrogens is 4. The molecule has 1 spiro atoms. The Balaban J connectivity index is 1.39. The molecule has 4 heterocycles. The van der Waals surface area contributed by atoms with Gasteiger partial charge >= 0.3 is 0 Å². The first-order chi connectivity index (χ1) is 15.1. The van der Waals surface area contributed by atoms with E-state index in [0.717, 1.165) is 48.3 Å². The van der Waals surface area contributed by atoms with Gasteiger partial charge in [0, 0.05) is 54.4 Å². The molecular weight excluding hydrogens is 392 g/mol. The quantitative estimate of drug-likeness (QED) is 0.675. The average Bonchev–Trinajstić information content (AvgIpc) is 3.16. The summed E-state index contributed by atoms with van der Waals surface area (Å²) in [5.74, 6) is 0.591. The first kappa shape index (κ1) is 19.4. The zero-order valence-corrected chi connectivity index (χ0v) is 17.2. The monoisotopic (exact) mass is 416 g/mol. The number of hydrogen-bond acceptors (Lipinski definition) is 6. The Morgan fingerprint density at radius 1 is 1.16 bits per heavy atom. The lowest BCUT2D eigenvalue weighted by Gasteiger charge is -2.40. The van der Waals surface area contributed by atoms with E-state index in [-0.39, 0.29) is 23.4 Å². The maximum atomic E-state index is 12.9. The highest BCUT2D eigenvalue weighted by Crippen LogP contribution is 2.43. The van der Waals surface area contributed by atoms with Crippen LogP contribution in [0.4, 0.5) is 5.69 Å². The molecule has 1 saturated heterocycles. The Morgan fingerprint density at radius 2 is 2.00 bits per heavy atom. The number of anilines is 1. The summed E-state index contributed by atoms with van der Waals surface area (Å²) in [6.07, 6.45) is 10.2. The first-order valence-electron chi connectivity index (χ1n) is 10.6. The van der Waals surface area contributed by atoms with Crippen molar-refractivity contribution in [3.05, 3.63) is 70.7 Å². The molecule has 5 rings (SSSR count). The van der Waals surface area contributed by atoms with Crippen LogP contribution < -0.4 is 10.9 Å². The fourth-order valence-corrected chi connectivity index (χ4v) is 4.79. The lowest BCUT2D eigenvalue weighted by Crippen LogP contribution is -2.49. The average molecular weight is 416 g/mol. The molecule has 1 amide bonds. The molecule has 0 aromatic carbocycles. The molecule has 8 heteroatoms. The number of piperidine rings is 1. The van der Waals surface area contributed by atoms with E-state index in [0.29, 0.717) is 18.8 Å². The summed E-state index contributed by atoms with van der Waals surface area (Å²) >= 11 is 0. The minimum Gasteiger partial charge on any atom is -0.375 e. The van der Waals surface area contributed by atoms with Crippen LogP contribution >= 0.6 is 0 Å². The zero-order chi connectivity index (χ0) is 21.3. The van der Waals surface area contributed by atoms with Gasteiger partial charge in [0.2, 0.25) is 5.91 Å². The Labute approximate surface area is 179 Å². The van der Waals surface area contributed by atoms with Crippen LogP contribution in [0.5, 0.6) is 0 Å². The van der Waals surface area contributed by atoms with E-state index >= 15 is 0 Å². The highest BCUT2D eigenvalue weighted by molar-refractivity contribution is 5.81. The molecule has 158 valence electrons. The zero-order valence-electron chi connectivity index (χ0n) is 17.2. The molecule has 8 nitrogen and oxygen atoms in total. The molecule has 1 unspecified atom stereocenters. The van der Waals surface area contributed by atoms with Crippen molar-refractivity contribution < 1.29 is 4.79 Å². The van der Waals surface area contributed by atoms with Crippen molar-refractivity contribution in [2.24, 2.45) is 0 Å². The molecule has 2 N–H and O–H groups in total. The van der Waals surface area contributed by atoms with Crippen LogP contribution in [-0.2, 0) is 16.6 Å². The Hall–Kier alpha value is -3.55. The van der Waals surface area contributed by atoms with Gasteiger partial charge in [0.25, 0.3) is 5.56 Å². The number of aromatic amines is 1. The molecule has 0 radical (unpaired) electrons. The normalized spacial score (nSPS) is 19.9. The number of carbonyl (C=O) groups is 1. The molecule has 3 aromatic rings. The Morgan fingerprint density at radius 3 is 2.77 bits per heavy atom. The Bertz CT molecular complexity index is 1150. The van der Waals surface area contributed by atoms with E-state index in [2.05, 4.69) is 20.3 Å². The van der Waals surface area contributed by atoms with E-state index in [4.69, 9.17) is 4.98 Å². The van der Waals surface area contributed by atoms with Crippen molar-refractivity contribution in [1.82, 2.24) is 24.8 Å². The minimum atomic E-state index is -0.261. The summed E-state index contributed by atoms with van der Waals surface area (Å²) in [4.78, 5) is 43.6. The maximum Gasteiger partial charge on any atom is 0.254 e. The van der Waals surface area contributed by atoms with E-state index in [1.807, 2.05) is 29.2 Å². The van der Waals surface area contributed by atoms with Gasteiger partial charge in [0.1, 0.15) is 5.82 Å². The first-order valence-corrected chi connectivity index (χ1v) is 10.6. The summed E-state index contributed by atoms with van der Waals surface area (Å²) in [6.45, 7) is 1.54. The van der Waals surface area contributed by atoms with E-state index in [1.165, 1.54) is 0 Å². The molecule has 31 heavy (non-hydrogen) atoms. The standard InChI is InChI=1S/C23H24N6O2/c30-19(14-26-17-5-2-10-25-13-17)29-11-3-7-23(15-29)8-6-18-20(23)27-21(28-22(18)31)16-4-1-9-24-12-16/h1-2,4-5,9-10,12-13,26H,3,6-8,11,14-15H2,(H,27,28,31).